The highest BCUT2D eigenvalue weighted by Gasteiger charge is 2.32. The molecule has 35 heavy (non-hydrogen) atoms. The Labute approximate surface area is 207 Å². The fourth-order valence-corrected chi connectivity index (χ4v) is 4.68. The third kappa shape index (κ3) is 5.42. The Morgan fingerprint density at radius 2 is 1.91 bits per heavy atom. The fourth-order valence-electron chi connectivity index (χ4n) is 4.68. The third-order valence-corrected chi connectivity index (χ3v) is 6.64. The number of hydrogen-bond donors (Lipinski definition) is 0. The Kier molecular flexibility index (Phi) is 7.59. The van der Waals surface area contributed by atoms with E-state index in [1.54, 1.807) is 18.2 Å². The number of carbonyl (C=O) groups excluding carboxylic acids is 2. The number of aryl methyl sites for hydroxylation is 1. The van der Waals surface area contributed by atoms with Gasteiger partial charge in [0.2, 0.25) is 5.91 Å². The molecule has 0 saturated carbocycles. The van der Waals surface area contributed by atoms with E-state index in [1.807, 2.05) is 43.0 Å². The molecule has 3 aromatic rings. The molecule has 0 aliphatic carbocycles. The summed E-state index contributed by atoms with van der Waals surface area (Å²) in [6.07, 6.45) is 2.79. The second kappa shape index (κ2) is 10.8. The molecule has 0 spiro atoms. The maximum atomic E-state index is 13.1. The maximum absolute atomic E-state index is 13.1. The molecule has 1 aliphatic heterocycles. The molecule has 0 radical (unpaired) electrons. The van der Waals surface area contributed by atoms with E-state index in [0.717, 1.165) is 23.3 Å². The molecule has 4 rings (SSSR count). The number of amides is 2. The molecule has 6 nitrogen and oxygen atoms in total. The molecular weight excluding hydrogens is 440 g/mol. The summed E-state index contributed by atoms with van der Waals surface area (Å²) >= 11 is 0. The van der Waals surface area contributed by atoms with Crippen molar-refractivity contribution in [2.24, 2.45) is 0 Å². The minimum Gasteiger partial charge on any atom is -0.481 e. The number of nitrogens with zero attached hydrogens (tertiary/aromatic N) is 2. The molecule has 2 atom stereocenters. The van der Waals surface area contributed by atoms with E-state index < -0.39 is 6.10 Å². The molecular formula is C29H34N2O4. The fraction of sp³-hybridized carbons (Fsp3) is 0.379. The van der Waals surface area contributed by atoms with Crippen molar-refractivity contribution in [3.05, 3.63) is 88.9 Å². The van der Waals surface area contributed by atoms with Crippen LogP contribution in [0.15, 0.2) is 65.3 Å². The van der Waals surface area contributed by atoms with Crippen LogP contribution in [0.25, 0.3) is 0 Å². The van der Waals surface area contributed by atoms with Gasteiger partial charge in [-0.3, -0.25) is 9.59 Å². The minimum atomic E-state index is -0.609. The van der Waals surface area contributed by atoms with Crippen LogP contribution < -0.4 is 4.74 Å². The predicted octanol–water partition coefficient (Wildman–Crippen LogP) is 5.29. The van der Waals surface area contributed by atoms with E-state index in [1.165, 1.54) is 11.1 Å². The first-order valence-electron chi connectivity index (χ1n) is 12.3. The normalized spacial score (nSPS) is 15.9. The lowest BCUT2D eigenvalue weighted by Gasteiger charge is -2.38. The van der Waals surface area contributed by atoms with Crippen LogP contribution in [0.4, 0.5) is 0 Å². The molecule has 0 fully saturated rings. The van der Waals surface area contributed by atoms with Crippen molar-refractivity contribution in [1.82, 2.24) is 9.80 Å². The third-order valence-electron chi connectivity index (χ3n) is 6.64. The van der Waals surface area contributed by atoms with Gasteiger partial charge in [-0.2, -0.15) is 0 Å². The zero-order valence-corrected chi connectivity index (χ0v) is 21.0. The van der Waals surface area contributed by atoms with Gasteiger partial charge in [0.1, 0.15) is 11.5 Å². The molecule has 6 heteroatoms. The van der Waals surface area contributed by atoms with Crippen LogP contribution in [0.3, 0.4) is 0 Å². The van der Waals surface area contributed by atoms with Gasteiger partial charge in [-0.25, -0.2) is 0 Å². The van der Waals surface area contributed by atoms with E-state index in [4.69, 9.17) is 9.15 Å². The van der Waals surface area contributed by atoms with E-state index >= 15 is 0 Å². The van der Waals surface area contributed by atoms with Crippen LogP contribution in [0.5, 0.6) is 5.75 Å². The Bertz CT molecular complexity index is 1150. The van der Waals surface area contributed by atoms with Gasteiger partial charge in [-0.05, 0) is 60.7 Å². The van der Waals surface area contributed by atoms with Gasteiger partial charge in [0.05, 0.1) is 18.8 Å². The van der Waals surface area contributed by atoms with E-state index in [0.29, 0.717) is 31.7 Å². The number of fused-ring (bicyclic) bond motifs is 1. The monoisotopic (exact) mass is 474 g/mol. The number of carbonyl (C=O) groups is 2. The van der Waals surface area contributed by atoms with Gasteiger partial charge >= 0.3 is 0 Å². The lowest BCUT2D eigenvalue weighted by molar-refractivity contribution is -0.138. The van der Waals surface area contributed by atoms with Gasteiger partial charge < -0.3 is 19.0 Å². The van der Waals surface area contributed by atoms with E-state index in [2.05, 4.69) is 37.3 Å². The summed E-state index contributed by atoms with van der Waals surface area (Å²) in [4.78, 5) is 29.6. The van der Waals surface area contributed by atoms with Crippen LogP contribution in [0.1, 0.15) is 60.7 Å². The first kappa shape index (κ1) is 24.6. The molecule has 2 amide bonds. The highest BCUT2D eigenvalue weighted by atomic mass is 16.5. The second-order valence-electron chi connectivity index (χ2n) is 9.15. The molecule has 2 aromatic carbocycles. The van der Waals surface area contributed by atoms with E-state index in [-0.39, 0.29) is 17.9 Å². The Morgan fingerprint density at radius 1 is 1.14 bits per heavy atom. The highest BCUT2D eigenvalue weighted by molar-refractivity contribution is 5.81. The minimum absolute atomic E-state index is 0.0977. The molecule has 1 aromatic heterocycles. The largest absolute Gasteiger partial charge is 0.481 e. The number of hydrogen-bond acceptors (Lipinski definition) is 4. The van der Waals surface area contributed by atoms with E-state index in [9.17, 15) is 9.59 Å². The quantitative estimate of drug-likeness (QED) is 0.445. The van der Waals surface area contributed by atoms with Crippen molar-refractivity contribution < 1.29 is 18.7 Å². The summed E-state index contributed by atoms with van der Waals surface area (Å²) in [7, 11) is 1.76. The second-order valence-corrected chi connectivity index (χ2v) is 9.15. The molecule has 0 bridgehead atoms. The summed E-state index contributed by atoms with van der Waals surface area (Å²) in [5.74, 6) is 1.40. The molecule has 184 valence electrons. The predicted molar refractivity (Wildman–Crippen MR) is 135 cm³/mol. The van der Waals surface area contributed by atoms with Crippen molar-refractivity contribution in [2.75, 3.05) is 13.6 Å². The number of furan rings is 1. The lowest BCUT2D eigenvalue weighted by atomic mass is 9.87. The zero-order chi connectivity index (χ0) is 24.9. The van der Waals surface area contributed by atoms with Gasteiger partial charge in [-0.15, -0.1) is 0 Å². The van der Waals surface area contributed by atoms with Crippen LogP contribution in [0.2, 0.25) is 0 Å². The highest BCUT2D eigenvalue weighted by Crippen LogP contribution is 2.38. The first-order chi connectivity index (χ1) is 16.9. The summed E-state index contributed by atoms with van der Waals surface area (Å²) in [6.45, 7) is 6.98. The average Bonchev–Trinajstić information content (AvgIpc) is 3.39. The van der Waals surface area contributed by atoms with Crippen LogP contribution in [-0.2, 0) is 22.6 Å². The lowest BCUT2D eigenvalue weighted by Crippen LogP contribution is -2.40. The Balaban J connectivity index is 1.61. The van der Waals surface area contributed by atoms with Gasteiger partial charge in [0.25, 0.3) is 5.91 Å². The smallest absolute Gasteiger partial charge is 0.263 e. The summed E-state index contributed by atoms with van der Waals surface area (Å²) in [6, 6.07) is 17.9. The Hall–Kier alpha value is -3.54. The topological polar surface area (TPSA) is 63.0 Å². The molecule has 0 saturated heterocycles. The Morgan fingerprint density at radius 3 is 2.57 bits per heavy atom. The van der Waals surface area contributed by atoms with Crippen molar-refractivity contribution in [1.29, 1.82) is 0 Å². The number of likely N-dealkylation sites (N-methyl/N-ethyl adjacent to an activating group) is 1. The van der Waals surface area contributed by atoms with Gasteiger partial charge in [0, 0.05) is 20.0 Å². The molecule has 2 heterocycles. The van der Waals surface area contributed by atoms with Crippen LogP contribution in [0, 0.1) is 6.92 Å². The SMILES string of the molecule is CCC(=O)N1CCc2ccc(OC(CC)C(=O)N(C)Cc3ccco3)cc2C1c1ccc(C)cc1. The van der Waals surface area contributed by atoms with Gasteiger partial charge in [-0.1, -0.05) is 49.7 Å². The summed E-state index contributed by atoms with van der Waals surface area (Å²) in [5, 5.41) is 0. The molecule has 0 N–H and O–H groups in total. The van der Waals surface area contributed by atoms with Crippen molar-refractivity contribution >= 4 is 11.8 Å². The van der Waals surface area contributed by atoms with Crippen LogP contribution in [-0.4, -0.2) is 41.3 Å². The first-order valence-corrected chi connectivity index (χ1v) is 12.3. The summed E-state index contributed by atoms with van der Waals surface area (Å²) in [5.41, 5.74) is 4.53. The number of ether oxygens (including phenoxy) is 1. The summed E-state index contributed by atoms with van der Waals surface area (Å²) < 4.78 is 11.6. The van der Waals surface area contributed by atoms with Crippen molar-refractivity contribution in [3.63, 3.8) is 0 Å². The number of benzene rings is 2. The zero-order valence-electron chi connectivity index (χ0n) is 21.0. The molecule has 1 aliphatic rings. The van der Waals surface area contributed by atoms with Gasteiger partial charge in [0.15, 0.2) is 6.10 Å². The van der Waals surface area contributed by atoms with Crippen LogP contribution >= 0.6 is 0 Å². The maximum Gasteiger partial charge on any atom is 0.263 e. The number of rotatable bonds is 8. The molecule has 2 unspecified atom stereocenters. The standard InChI is InChI=1S/C29H34N2O4/c1-5-26(29(33)30(4)19-24-8-7-17-34-24)35-23-14-13-21-15-16-31(27(32)6-2)28(25(21)18-23)22-11-9-20(3)10-12-22/h7-14,17-18,26,28H,5-6,15-16,19H2,1-4H3. The average molecular weight is 475 g/mol. The van der Waals surface area contributed by atoms with Crippen molar-refractivity contribution in [3.8, 4) is 5.75 Å². The van der Waals surface area contributed by atoms with Crippen molar-refractivity contribution in [2.45, 2.75) is 58.7 Å².